The van der Waals surface area contributed by atoms with E-state index < -0.39 is 6.04 Å². The topological polar surface area (TPSA) is 49.4 Å². The number of benzene rings is 2. The van der Waals surface area contributed by atoms with Crippen molar-refractivity contribution in [1.29, 1.82) is 0 Å². The normalized spacial score (nSPS) is 19.2. The number of nitrogens with zero attached hydrogens (tertiary/aromatic N) is 1. The van der Waals surface area contributed by atoms with Gasteiger partial charge in [0.05, 0.1) is 18.2 Å². The molecule has 2 aromatic rings. The zero-order valence-electron chi connectivity index (χ0n) is 12.7. The molecule has 1 N–H and O–H groups in total. The molecule has 3 rings (SSSR count). The summed E-state index contributed by atoms with van der Waals surface area (Å²) in [4.78, 5) is 26.0. The maximum atomic E-state index is 12.6. The predicted molar refractivity (Wildman–Crippen MR) is 90.3 cm³/mol. The molecule has 0 radical (unpaired) electrons. The van der Waals surface area contributed by atoms with Crippen LogP contribution in [0.4, 0.5) is 5.69 Å². The first-order valence-corrected chi connectivity index (χ1v) is 7.87. The monoisotopic (exact) mass is 328 g/mol. The quantitative estimate of drug-likeness (QED) is 0.876. The third-order valence-corrected chi connectivity index (χ3v) is 4.23. The van der Waals surface area contributed by atoms with Crippen LogP contribution in [-0.4, -0.2) is 17.9 Å². The van der Waals surface area contributed by atoms with Crippen LogP contribution in [0, 0.1) is 0 Å². The molecule has 0 aromatic heterocycles. The van der Waals surface area contributed by atoms with Gasteiger partial charge in [0.1, 0.15) is 0 Å². The van der Waals surface area contributed by atoms with Gasteiger partial charge in [0.25, 0.3) is 5.91 Å². The summed E-state index contributed by atoms with van der Waals surface area (Å²) in [5, 5.41) is 3.82. The summed E-state index contributed by atoms with van der Waals surface area (Å²) in [5.74, 6) is -0.421. The van der Waals surface area contributed by atoms with Crippen molar-refractivity contribution in [2.24, 2.45) is 0 Å². The standard InChI is InChI=1S/C18H17ClN2O2/c1-12(13-5-3-2-4-6-13)20-16-11-17(22)21(18(16)23)15-9-7-14(19)8-10-15/h2-10,12,16,20H,11H2,1H3/t12-,16+/m0/s1. The van der Waals surface area contributed by atoms with Crippen molar-refractivity contribution in [2.45, 2.75) is 25.4 Å². The van der Waals surface area contributed by atoms with E-state index >= 15 is 0 Å². The maximum Gasteiger partial charge on any atom is 0.251 e. The molecule has 1 aliphatic heterocycles. The Morgan fingerprint density at radius 3 is 2.39 bits per heavy atom. The number of anilines is 1. The van der Waals surface area contributed by atoms with Gasteiger partial charge in [-0.25, -0.2) is 4.90 Å². The minimum Gasteiger partial charge on any atom is -0.299 e. The van der Waals surface area contributed by atoms with Crippen LogP contribution in [0.25, 0.3) is 0 Å². The predicted octanol–water partition coefficient (Wildman–Crippen LogP) is 3.32. The van der Waals surface area contributed by atoms with E-state index in [1.807, 2.05) is 37.3 Å². The maximum absolute atomic E-state index is 12.6. The van der Waals surface area contributed by atoms with Crippen LogP contribution in [0.15, 0.2) is 54.6 Å². The van der Waals surface area contributed by atoms with Crippen LogP contribution < -0.4 is 10.2 Å². The largest absolute Gasteiger partial charge is 0.299 e. The number of carbonyl (C=O) groups is 2. The molecule has 0 saturated carbocycles. The van der Waals surface area contributed by atoms with E-state index in [1.165, 1.54) is 4.90 Å². The minimum absolute atomic E-state index is 0.0110. The molecular formula is C18H17ClN2O2. The lowest BCUT2D eigenvalue weighted by Crippen LogP contribution is -2.39. The number of halogens is 1. The number of nitrogens with one attached hydrogen (secondary N) is 1. The first-order chi connectivity index (χ1) is 11.1. The van der Waals surface area contributed by atoms with Gasteiger partial charge >= 0.3 is 0 Å². The van der Waals surface area contributed by atoms with Crippen LogP contribution in [0.2, 0.25) is 5.02 Å². The number of amides is 2. The second-order valence-electron chi connectivity index (χ2n) is 5.60. The molecule has 23 heavy (non-hydrogen) atoms. The van der Waals surface area contributed by atoms with Gasteiger partial charge in [-0.1, -0.05) is 41.9 Å². The molecule has 118 valence electrons. The highest BCUT2D eigenvalue weighted by molar-refractivity contribution is 6.30. The molecule has 1 heterocycles. The highest BCUT2D eigenvalue weighted by Crippen LogP contribution is 2.25. The van der Waals surface area contributed by atoms with Gasteiger partial charge in [-0.2, -0.15) is 0 Å². The molecule has 5 heteroatoms. The lowest BCUT2D eigenvalue weighted by Gasteiger charge is -2.19. The fourth-order valence-corrected chi connectivity index (χ4v) is 2.89. The smallest absolute Gasteiger partial charge is 0.251 e. The lowest BCUT2D eigenvalue weighted by atomic mass is 10.1. The Morgan fingerprint density at radius 1 is 1.09 bits per heavy atom. The van der Waals surface area contributed by atoms with Crippen LogP contribution in [0.5, 0.6) is 0 Å². The Balaban J connectivity index is 1.75. The molecule has 2 aromatic carbocycles. The first kappa shape index (κ1) is 15.7. The molecule has 0 bridgehead atoms. The van der Waals surface area contributed by atoms with Gasteiger partial charge < -0.3 is 0 Å². The Labute approximate surface area is 140 Å². The van der Waals surface area contributed by atoms with Gasteiger partial charge in [-0.3, -0.25) is 14.9 Å². The minimum atomic E-state index is -0.506. The number of hydrogen-bond donors (Lipinski definition) is 1. The molecule has 0 unspecified atom stereocenters. The number of carbonyl (C=O) groups excluding carboxylic acids is 2. The molecule has 0 spiro atoms. The summed E-state index contributed by atoms with van der Waals surface area (Å²) in [6, 6.07) is 16.0. The van der Waals surface area contributed by atoms with E-state index in [4.69, 9.17) is 11.6 Å². The summed E-state index contributed by atoms with van der Waals surface area (Å²) in [6.07, 6.45) is 0.165. The van der Waals surface area contributed by atoms with E-state index in [-0.39, 0.29) is 24.3 Å². The molecule has 1 fully saturated rings. The molecule has 0 aliphatic carbocycles. The van der Waals surface area contributed by atoms with Crippen LogP contribution in [-0.2, 0) is 9.59 Å². The van der Waals surface area contributed by atoms with Crippen molar-refractivity contribution in [1.82, 2.24) is 5.32 Å². The Morgan fingerprint density at radius 2 is 1.74 bits per heavy atom. The van der Waals surface area contributed by atoms with E-state index in [9.17, 15) is 9.59 Å². The van der Waals surface area contributed by atoms with Gasteiger partial charge in [0.15, 0.2) is 0 Å². The van der Waals surface area contributed by atoms with Crippen molar-refractivity contribution in [3.63, 3.8) is 0 Å². The van der Waals surface area contributed by atoms with Crippen LogP contribution in [0.1, 0.15) is 24.9 Å². The van der Waals surface area contributed by atoms with Gasteiger partial charge in [-0.05, 0) is 36.8 Å². The average molecular weight is 329 g/mol. The van der Waals surface area contributed by atoms with Crippen molar-refractivity contribution in [2.75, 3.05) is 4.90 Å². The van der Waals surface area contributed by atoms with Crippen LogP contribution >= 0.6 is 11.6 Å². The summed E-state index contributed by atoms with van der Waals surface area (Å²) >= 11 is 5.86. The summed E-state index contributed by atoms with van der Waals surface area (Å²) < 4.78 is 0. The Hall–Kier alpha value is -2.17. The highest BCUT2D eigenvalue weighted by atomic mass is 35.5. The van der Waals surface area contributed by atoms with E-state index in [0.29, 0.717) is 10.7 Å². The molecule has 1 aliphatic rings. The van der Waals surface area contributed by atoms with E-state index in [0.717, 1.165) is 5.56 Å². The second kappa shape index (κ2) is 6.52. The molecule has 2 amide bonds. The second-order valence-corrected chi connectivity index (χ2v) is 6.04. The molecule has 1 saturated heterocycles. The van der Waals surface area contributed by atoms with Crippen LogP contribution in [0.3, 0.4) is 0 Å². The summed E-state index contributed by atoms with van der Waals surface area (Å²) in [6.45, 7) is 1.98. The Kier molecular flexibility index (Phi) is 4.46. The zero-order valence-corrected chi connectivity index (χ0v) is 13.5. The Bertz CT molecular complexity index is 716. The van der Waals surface area contributed by atoms with Gasteiger partial charge in [-0.15, -0.1) is 0 Å². The number of imide groups is 1. The molecule has 4 nitrogen and oxygen atoms in total. The van der Waals surface area contributed by atoms with E-state index in [2.05, 4.69) is 5.32 Å². The lowest BCUT2D eigenvalue weighted by molar-refractivity contribution is -0.121. The fourth-order valence-electron chi connectivity index (χ4n) is 2.76. The third-order valence-electron chi connectivity index (χ3n) is 3.98. The highest BCUT2D eigenvalue weighted by Gasteiger charge is 2.39. The van der Waals surface area contributed by atoms with Gasteiger partial charge in [0, 0.05) is 11.1 Å². The first-order valence-electron chi connectivity index (χ1n) is 7.49. The van der Waals surface area contributed by atoms with Gasteiger partial charge in [0.2, 0.25) is 5.91 Å². The number of rotatable bonds is 4. The number of hydrogen-bond acceptors (Lipinski definition) is 3. The van der Waals surface area contributed by atoms with Crippen molar-refractivity contribution < 1.29 is 9.59 Å². The van der Waals surface area contributed by atoms with Crippen molar-refractivity contribution >= 4 is 29.1 Å². The van der Waals surface area contributed by atoms with E-state index in [1.54, 1.807) is 24.3 Å². The zero-order chi connectivity index (χ0) is 16.4. The average Bonchev–Trinajstić information content (AvgIpc) is 2.83. The van der Waals surface area contributed by atoms with Crippen molar-refractivity contribution in [3.8, 4) is 0 Å². The fraction of sp³-hybridized carbons (Fsp3) is 0.222. The summed E-state index contributed by atoms with van der Waals surface area (Å²) in [7, 11) is 0. The molecule has 2 atom stereocenters. The van der Waals surface area contributed by atoms with Crippen molar-refractivity contribution in [3.05, 3.63) is 65.2 Å². The SMILES string of the molecule is C[C@H](N[C@@H]1CC(=O)N(c2ccc(Cl)cc2)C1=O)c1ccccc1. The summed E-state index contributed by atoms with van der Waals surface area (Å²) in [5.41, 5.74) is 1.64. The molecular weight excluding hydrogens is 312 g/mol. The third kappa shape index (κ3) is 3.28.